The SMILES string of the molecule is CC=C(Br)[N+](=O)[O-]. The number of nitro groups is 1. The van der Waals surface area contributed by atoms with Crippen LogP contribution in [-0.4, -0.2) is 4.92 Å². The summed E-state index contributed by atoms with van der Waals surface area (Å²) in [5, 5.41) is 9.62. The predicted octanol–water partition coefficient (Wildman–Crippen LogP) is 1.52. The Morgan fingerprint density at radius 3 is 2.43 bits per heavy atom. The molecule has 0 saturated heterocycles. The Morgan fingerprint density at radius 1 is 2.00 bits per heavy atom. The van der Waals surface area contributed by atoms with E-state index in [4.69, 9.17) is 0 Å². The molecule has 0 aliphatic carbocycles. The maximum absolute atomic E-state index is 9.62. The highest BCUT2D eigenvalue weighted by atomic mass is 79.9. The fourth-order valence-electron chi connectivity index (χ4n) is 0.105. The van der Waals surface area contributed by atoms with Crippen LogP contribution in [0.1, 0.15) is 6.92 Å². The van der Waals surface area contributed by atoms with Gasteiger partial charge in [-0.15, -0.1) is 0 Å². The number of nitrogens with zero attached hydrogens (tertiary/aromatic N) is 1. The summed E-state index contributed by atoms with van der Waals surface area (Å²) in [4.78, 5) is 9.12. The van der Waals surface area contributed by atoms with Gasteiger partial charge in [-0.3, -0.25) is 10.1 Å². The lowest BCUT2D eigenvalue weighted by atomic mass is 10.7. The van der Waals surface area contributed by atoms with Gasteiger partial charge >= 0.3 is 4.61 Å². The number of rotatable bonds is 1. The highest BCUT2D eigenvalue weighted by molar-refractivity contribution is 9.11. The minimum Gasteiger partial charge on any atom is -0.258 e. The summed E-state index contributed by atoms with van der Waals surface area (Å²) in [6, 6.07) is 0. The molecule has 0 saturated carbocycles. The third-order valence-corrected chi connectivity index (χ3v) is 1.16. The van der Waals surface area contributed by atoms with Gasteiger partial charge in [-0.1, -0.05) is 0 Å². The summed E-state index contributed by atoms with van der Waals surface area (Å²) in [5.41, 5.74) is 0. The lowest BCUT2D eigenvalue weighted by molar-refractivity contribution is -0.409. The molecule has 0 aliphatic rings. The fraction of sp³-hybridized carbons (Fsp3) is 0.333. The molecule has 0 fully saturated rings. The van der Waals surface area contributed by atoms with Crippen LogP contribution < -0.4 is 0 Å². The van der Waals surface area contributed by atoms with Crippen molar-refractivity contribution in [1.82, 2.24) is 0 Å². The van der Waals surface area contributed by atoms with Crippen molar-refractivity contribution in [3.8, 4) is 0 Å². The fourth-order valence-corrected chi connectivity index (χ4v) is 0.105. The molecule has 7 heavy (non-hydrogen) atoms. The van der Waals surface area contributed by atoms with Crippen molar-refractivity contribution in [3.63, 3.8) is 0 Å². The first-order valence-corrected chi connectivity index (χ1v) is 2.44. The zero-order chi connectivity index (χ0) is 5.86. The topological polar surface area (TPSA) is 43.1 Å². The van der Waals surface area contributed by atoms with E-state index in [0.717, 1.165) is 0 Å². The highest BCUT2D eigenvalue weighted by Crippen LogP contribution is 2.02. The van der Waals surface area contributed by atoms with Crippen molar-refractivity contribution in [2.45, 2.75) is 6.92 Å². The lowest BCUT2D eigenvalue weighted by Gasteiger charge is -1.79. The summed E-state index contributed by atoms with van der Waals surface area (Å²) >= 11 is 2.70. The number of hydrogen-bond donors (Lipinski definition) is 0. The maximum atomic E-state index is 9.62. The van der Waals surface area contributed by atoms with Gasteiger partial charge < -0.3 is 0 Å². The molecule has 3 nitrogen and oxygen atoms in total. The molecule has 0 unspecified atom stereocenters. The van der Waals surface area contributed by atoms with Crippen LogP contribution in [0.15, 0.2) is 10.7 Å². The van der Waals surface area contributed by atoms with Crippen LogP contribution in [-0.2, 0) is 0 Å². The van der Waals surface area contributed by atoms with Crippen molar-refractivity contribution >= 4 is 15.9 Å². The second-order valence-electron chi connectivity index (χ2n) is 0.869. The third kappa shape index (κ3) is 2.33. The van der Waals surface area contributed by atoms with Gasteiger partial charge in [0.25, 0.3) is 0 Å². The molecule has 0 aromatic carbocycles. The Morgan fingerprint density at radius 2 is 2.43 bits per heavy atom. The molecule has 0 aliphatic heterocycles. The van der Waals surface area contributed by atoms with Crippen LogP contribution >= 0.6 is 15.9 Å². The van der Waals surface area contributed by atoms with Crippen LogP contribution in [0.5, 0.6) is 0 Å². The van der Waals surface area contributed by atoms with E-state index >= 15 is 0 Å². The molecule has 0 aromatic rings. The number of allylic oxidation sites excluding steroid dienone is 1. The van der Waals surface area contributed by atoms with Crippen LogP contribution in [0.2, 0.25) is 0 Å². The first-order valence-electron chi connectivity index (χ1n) is 1.64. The molecule has 0 N–H and O–H groups in total. The lowest BCUT2D eigenvalue weighted by Crippen LogP contribution is -1.87. The minimum absolute atomic E-state index is 0.00694. The van der Waals surface area contributed by atoms with E-state index in [-0.39, 0.29) is 4.61 Å². The Balaban J connectivity index is 3.82. The van der Waals surface area contributed by atoms with Gasteiger partial charge in [-0.2, -0.15) is 0 Å². The van der Waals surface area contributed by atoms with Crippen molar-refractivity contribution < 1.29 is 4.92 Å². The Hall–Kier alpha value is -0.380. The molecule has 4 heteroatoms. The van der Waals surface area contributed by atoms with Gasteiger partial charge in [0.05, 0.1) is 4.92 Å². The molecule has 0 atom stereocenters. The summed E-state index contributed by atoms with van der Waals surface area (Å²) in [7, 11) is 0. The van der Waals surface area contributed by atoms with Gasteiger partial charge in [-0.25, -0.2) is 0 Å². The quantitative estimate of drug-likeness (QED) is 0.336. The van der Waals surface area contributed by atoms with Gasteiger partial charge in [0.1, 0.15) is 0 Å². The molecule has 40 valence electrons. The molecular weight excluding hydrogens is 162 g/mol. The monoisotopic (exact) mass is 165 g/mol. The average Bonchev–Trinajstić information content (AvgIpc) is 1.65. The first kappa shape index (κ1) is 6.62. The predicted molar refractivity (Wildman–Crippen MR) is 29.7 cm³/mol. The summed E-state index contributed by atoms with van der Waals surface area (Å²) in [6.07, 6.45) is 1.38. The summed E-state index contributed by atoms with van der Waals surface area (Å²) < 4.78 is 0.00694. The molecule has 0 rings (SSSR count). The zero-order valence-electron chi connectivity index (χ0n) is 3.72. The standard InChI is InChI=1S/C3H4BrNO2/c1-2-3(4)5(6)7/h2H,1H3. The van der Waals surface area contributed by atoms with E-state index in [9.17, 15) is 10.1 Å². The van der Waals surface area contributed by atoms with Gasteiger partial charge in [0.15, 0.2) is 0 Å². The van der Waals surface area contributed by atoms with Gasteiger partial charge in [0.2, 0.25) is 0 Å². The number of halogens is 1. The van der Waals surface area contributed by atoms with Crippen molar-refractivity contribution in [2.24, 2.45) is 0 Å². The molecule has 0 heterocycles. The molecule has 0 aromatic heterocycles. The van der Waals surface area contributed by atoms with E-state index in [1.165, 1.54) is 6.08 Å². The van der Waals surface area contributed by atoms with E-state index < -0.39 is 4.92 Å². The van der Waals surface area contributed by atoms with Crippen molar-refractivity contribution in [3.05, 3.63) is 20.8 Å². The summed E-state index contributed by atoms with van der Waals surface area (Å²) in [6.45, 7) is 1.59. The average molecular weight is 166 g/mol. The largest absolute Gasteiger partial charge is 0.306 e. The zero-order valence-corrected chi connectivity index (χ0v) is 5.31. The molecule has 0 spiro atoms. The van der Waals surface area contributed by atoms with Crippen LogP contribution in [0.4, 0.5) is 0 Å². The van der Waals surface area contributed by atoms with Crippen molar-refractivity contribution in [2.75, 3.05) is 0 Å². The van der Waals surface area contributed by atoms with Crippen LogP contribution in [0, 0.1) is 10.1 Å². The smallest absolute Gasteiger partial charge is 0.258 e. The van der Waals surface area contributed by atoms with Crippen LogP contribution in [0.25, 0.3) is 0 Å². The van der Waals surface area contributed by atoms with E-state index in [2.05, 4.69) is 15.9 Å². The third-order valence-electron chi connectivity index (χ3n) is 0.413. The Bertz CT molecular complexity index is 110. The normalized spacial score (nSPS) is 11.4. The van der Waals surface area contributed by atoms with Crippen molar-refractivity contribution in [1.29, 1.82) is 0 Å². The van der Waals surface area contributed by atoms with Gasteiger partial charge in [0, 0.05) is 15.9 Å². The highest BCUT2D eigenvalue weighted by Gasteiger charge is 1.98. The van der Waals surface area contributed by atoms with E-state index in [0.29, 0.717) is 0 Å². The minimum atomic E-state index is -0.500. The Kier molecular flexibility index (Phi) is 2.59. The number of hydrogen-bond acceptors (Lipinski definition) is 2. The maximum Gasteiger partial charge on any atom is 0.306 e. The summed E-state index contributed by atoms with van der Waals surface area (Å²) in [5.74, 6) is 0. The molecular formula is C3H4BrNO2. The molecule has 0 amide bonds. The molecule has 0 bridgehead atoms. The van der Waals surface area contributed by atoms with Crippen LogP contribution in [0.3, 0.4) is 0 Å². The Labute approximate surface area is 49.3 Å². The van der Waals surface area contributed by atoms with Gasteiger partial charge in [-0.05, 0) is 13.0 Å². The van der Waals surface area contributed by atoms with E-state index in [1.807, 2.05) is 0 Å². The second-order valence-corrected chi connectivity index (χ2v) is 1.68. The second kappa shape index (κ2) is 2.74. The molecule has 0 radical (unpaired) electrons. The first-order chi connectivity index (χ1) is 3.18. The van der Waals surface area contributed by atoms with E-state index in [1.54, 1.807) is 6.92 Å².